The van der Waals surface area contributed by atoms with Crippen LogP contribution in [0.4, 0.5) is 5.69 Å². The lowest BCUT2D eigenvalue weighted by Gasteiger charge is -2.12. The van der Waals surface area contributed by atoms with Gasteiger partial charge < -0.3 is 15.6 Å². The second kappa shape index (κ2) is 4.45. The van der Waals surface area contributed by atoms with Crippen LogP contribution in [0, 0.1) is 0 Å². The molecule has 0 heterocycles. The molecule has 0 saturated carbocycles. The first-order valence-corrected chi connectivity index (χ1v) is 4.23. The second-order valence-electron chi connectivity index (χ2n) is 2.92. The number of carbonyl (C=O) groups excluding carboxylic acids is 1. The molecule has 5 heteroatoms. The summed E-state index contributed by atoms with van der Waals surface area (Å²) in [4.78, 5) is 22.1. The van der Waals surface area contributed by atoms with Crippen molar-refractivity contribution in [1.29, 1.82) is 0 Å². The Morgan fingerprint density at radius 2 is 2.00 bits per heavy atom. The van der Waals surface area contributed by atoms with E-state index < -0.39 is 17.9 Å². The van der Waals surface area contributed by atoms with Crippen molar-refractivity contribution in [2.24, 2.45) is 0 Å². The van der Waals surface area contributed by atoms with Gasteiger partial charge in [-0.05, 0) is 6.07 Å². The third kappa shape index (κ3) is 2.25. The molecule has 0 radical (unpaired) electrons. The first-order valence-electron chi connectivity index (χ1n) is 4.23. The molecule has 0 unspecified atom stereocenters. The Hall–Kier alpha value is -2.04. The summed E-state index contributed by atoms with van der Waals surface area (Å²) in [5.74, 6) is -3.48. The van der Waals surface area contributed by atoms with Crippen molar-refractivity contribution in [3.05, 3.63) is 29.8 Å². The number of anilines is 1. The van der Waals surface area contributed by atoms with Crippen molar-refractivity contribution in [2.45, 2.75) is 5.92 Å². The highest BCUT2D eigenvalue weighted by Crippen LogP contribution is 2.23. The minimum Gasteiger partial charge on any atom is -0.480 e. The van der Waals surface area contributed by atoms with Gasteiger partial charge in [-0.1, -0.05) is 18.2 Å². The maximum absolute atomic E-state index is 11.2. The number of nitrogens with two attached hydrogens (primary N) is 1. The largest absolute Gasteiger partial charge is 0.480 e. The fourth-order valence-electron chi connectivity index (χ4n) is 1.25. The van der Waals surface area contributed by atoms with Crippen molar-refractivity contribution in [3.8, 4) is 0 Å². The van der Waals surface area contributed by atoms with E-state index in [9.17, 15) is 9.59 Å². The van der Waals surface area contributed by atoms with Crippen LogP contribution in [0.15, 0.2) is 24.3 Å². The fraction of sp³-hybridized carbons (Fsp3) is 0.200. The number of carbonyl (C=O) groups is 2. The monoisotopic (exact) mass is 209 g/mol. The van der Waals surface area contributed by atoms with Gasteiger partial charge in [0.15, 0.2) is 5.92 Å². The number of aliphatic carboxylic acids is 1. The molecule has 1 rings (SSSR count). The Bertz CT molecular complexity index is 389. The van der Waals surface area contributed by atoms with Gasteiger partial charge in [-0.3, -0.25) is 9.59 Å². The van der Waals surface area contributed by atoms with Gasteiger partial charge in [-0.15, -0.1) is 0 Å². The lowest BCUT2D eigenvalue weighted by atomic mass is 9.98. The van der Waals surface area contributed by atoms with Crippen LogP contribution in [0.2, 0.25) is 0 Å². The van der Waals surface area contributed by atoms with E-state index in [1.165, 1.54) is 12.1 Å². The smallest absolute Gasteiger partial charge is 0.324 e. The lowest BCUT2D eigenvalue weighted by molar-refractivity contribution is -0.152. The summed E-state index contributed by atoms with van der Waals surface area (Å²) in [7, 11) is 1.14. The minimum atomic E-state index is -1.36. The maximum atomic E-state index is 11.2. The zero-order valence-corrected chi connectivity index (χ0v) is 8.14. The average molecular weight is 209 g/mol. The maximum Gasteiger partial charge on any atom is 0.324 e. The number of para-hydroxylation sites is 1. The third-order valence-electron chi connectivity index (χ3n) is 1.99. The van der Waals surface area contributed by atoms with Gasteiger partial charge in [0.05, 0.1) is 7.11 Å². The average Bonchev–Trinajstić information content (AvgIpc) is 2.20. The summed E-state index contributed by atoms with van der Waals surface area (Å²) in [6.45, 7) is 0. The van der Waals surface area contributed by atoms with E-state index in [-0.39, 0.29) is 11.3 Å². The zero-order valence-electron chi connectivity index (χ0n) is 8.14. The Morgan fingerprint density at radius 3 is 2.47 bits per heavy atom. The van der Waals surface area contributed by atoms with Gasteiger partial charge in [0, 0.05) is 11.3 Å². The number of hydrogen-bond acceptors (Lipinski definition) is 4. The minimum absolute atomic E-state index is 0.247. The van der Waals surface area contributed by atoms with E-state index in [1.54, 1.807) is 12.1 Å². The molecule has 0 amide bonds. The number of rotatable bonds is 3. The van der Waals surface area contributed by atoms with Gasteiger partial charge >= 0.3 is 11.9 Å². The molecule has 80 valence electrons. The van der Waals surface area contributed by atoms with Crippen LogP contribution in [0.25, 0.3) is 0 Å². The number of nitrogen functional groups attached to an aromatic ring is 1. The number of carboxylic acids is 1. The highest BCUT2D eigenvalue weighted by atomic mass is 16.5. The third-order valence-corrected chi connectivity index (χ3v) is 1.99. The quantitative estimate of drug-likeness (QED) is 0.432. The van der Waals surface area contributed by atoms with Crippen LogP contribution in [-0.2, 0) is 14.3 Å². The van der Waals surface area contributed by atoms with Crippen molar-refractivity contribution in [3.63, 3.8) is 0 Å². The fourth-order valence-corrected chi connectivity index (χ4v) is 1.25. The predicted molar refractivity (Wildman–Crippen MR) is 53.2 cm³/mol. The van der Waals surface area contributed by atoms with E-state index in [2.05, 4.69) is 4.74 Å². The standard InChI is InChI=1S/C10H11NO4/c1-15-10(14)8(9(12)13)6-4-2-3-5-7(6)11/h2-5,8H,11H2,1H3,(H,12,13)/t8-/m1/s1. The van der Waals surface area contributed by atoms with E-state index in [4.69, 9.17) is 10.8 Å². The Morgan fingerprint density at radius 1 is 1.40 bits per heavy atom. The molecule has 0 aliphatic rings. The summed E-state index contributed by atoms with van der Waals surface area (Å²) in [5.41, 5.74) is 6.09. The summed E-state index contributed by atoms with van der Waals surface area (Å²) >= 11 is 0. The summed E-state index contributed by atoms with van der Waals surface area (Å²) in [6, 6.07) is 6.30. The number of esters is 1. The van der Waals surface area contributed by atoms with Crippen molar-refractivity contribution in [1.82, 2.24) is 0 Å². The Kier molecular flexibility index (Phi) is 3.28. The molecule has 3 N–H and O–H groups in total. The topological polar surface area (TPSA) is 89.6 Å². The van der Waals surface area contributed by atoms with E-state index in [0.717, 1.165) is 7.11 Å². The number of carboxylic acid groups (broad SMARTS) is 1. The molecule has 0 fully saturated rings. The molecule has 0 aromatic heterocycles. The molecule has 1 aromatic rings. The van der Waals surface area contributed by atoms with Gasteiger partial charge in [-0.25, -0.2) is 0 Å². The normalized spacial score (nSPS) is 11.8. The molecular weight excluding hydrogens is 198 g/mol. The second-order valence-corrected chi connectivity index (χ2v) is 2.92. The van der Waals surface area contributed by atoms with Crippen LogP contribution in [0.5, 0.6) is 0 Å². The van der Waals surface area contributed by atoms with Crippen molar-refractivity contribution in [2.75, 3.05) is 12.8 Å². The van der Waals surface area contributed by atoms with E-state index in [1.807, 2.05) is 0 Å². The van der Waals surface area contributed by atoms with Gasteiger partial charge in [0.1, 0.15) is 0 Å². The van der Waals surface area contributed by atoms with Crippen LogP contribution < -0.4 is 5.73 Å². The molecule has 0 saturated heterocycles. The molecule has 15 heavy (non-hydrogen) atoms. The van der Waals surface area contributed by atoms with Gasteiger partial charge in [-0.2, -0.15) is 0 Å². The number of benzene rings is 1. The summed E-state index contributed by atoms with van der Waals surface area (Å²) < 4.78 is 4.41. The van der Waals surface area contributed by atoms with Crippen LogP contribution in [0.3, 0.4) is 0 Å². The van der Waals surface area contributed by atoms with E-state index in [0.29, 0.717) is 0 Å². The summed E-state index contributed by atoms with van der Waals surface area (Å²) in [6.07, 6.45) is 0. The highest BCUT2D eigenvalue weighted by molar-refractivity contribution is 6.01. The van der Waals surface area contributed by atoms with Crippen molar-refractivity contribution < 1.29 is 19.4 Å². The SMILES string of the molecule is COC(=O)[C@@H](C(=O)O)c1ccccc1N. The van der Waals surface area contributed by atoms with Crippen LogP contribution in [0.1, 0.15) is 11.5 Å². The Labute approximate surface area is 86.5 Å². The molecule has 0 aliphatic carbocycles. The molecule has 5 nitrogen and oxygen atoms in total. The molecular formula is C10H11NO4. The first-order chi connectivity index (χ1) is 7.07. The Balaban J connectivity index is 3.16. The number of ether oxygens (including phenoxy) is 1. The number of hydrogen-bond donors (Lipinski definition) is 2. The zero-order chi connectivity index (χ0) is 11.4. The molecule has 1 atom stereocenters. The lowest BCUT2D eigenvalue weighted by Crippen LogP contribution is -2.23. The number of methoxy groups -OCH3 is 1. The first kappa shape index (κ1) is 11.0. The van der Waals surface area contributed by atoms with E-state index >= 15 is 0 Å². The van der Waals surface area contributed by atoms with Gasteiger partial charge in [0.2, 0.25) is 0 Å². The molecule has 1 aromatic carbocycles. The van der Waals surface area contributed by atoms with Gasteiger partial charge in [0.25, 0.3) is 0 Å². The van der Waals surface area contributed by atoms with Crippen LogP contribution in [-0.4, -0.2) is 24.2 Å². The van der Waals surface area contributed by atoms with Crippen LogP contribution >= 0.6 is 0 Å². The molecule has 0 spiro atoms. The highest BCUT2D eigenvalue weighted by Gasteiger charge is 2.30. The molecule has 0 aliphatic heterocycles. The predicted octanol–water partition coefficient (Wildman–Crippen LogP) is 0.610. The summed E-state index contributed by atoms with van der Waals surface area (Å²) in [5, 5.41) is 8.90. The molecule has 0 bridgehead atoms. The van der Waals surface area contributed by atoms with Crippen molar-refractivity contribution >= 4 is 17.6 Å².